The summed E-state index contributed by atoms with van der Waals surface area (Å²) < 4.78 is 5.57. The number of benzene rings is 2. The van der Waals surface area contributed by atoms with E-state index in [4.69, 9.17) is 4.74 Å². The minimum atomic E-state index is -0.193. The fourth-order valence-electron chi connectivity index (χ4n) is 3.10. The molecule has 5 heteroatoms. The van der Waals surface area contributed by atoms with Gasteiger partial charge in [0.05, 0.1) is 12.6 Å². The second-order valence-corrected chi connectivity index (χ2v) is 6.65. The molecule has 0 bridgehead atoms. The molecule has 1 unspecified atom stereocenters. The van der Waals surface area contributed by atoms with E-state index in [0.717, 1.165) is 30.0 Å². The predicted molar refractivity (Wildman–Crippen MR) is 100 cm³/mol. The van der Waals surface area contributed by atoms with Crippen molar-refractivity contribution in [3.05, 3.63) is 59.2 Å². The molecular formula is C20H25N3O2. The van der Waals surface area contributed by atoms with E-state index in [9.17, 15) is 4.79 Å². The van der Waals surface area contributed by atoms with Crippen molar-refractivity contribution in [1.29, 1.82) is 0 Å². The Bertz CT molecular complexity index is 758. The first-order valence-corrected chi connectivity index (χ1v) is 8.56. The van der Waals surface area contributed by atoms with Crippen LogP contribution in [0.5, 0.6) is 5.75 Å². The van der Waals surface area contributed by atoms with Crippen LogP contribution in [0.4, 0.5) is 10.5 Å². The molecule has 1 atom stereocenters. The van der Waals surface area contributed by atoms with Gasteiger partial charge in [0.2, 0.25) is 0 Å². The number of aryl methyl sites for hydroxylation is 1. The van der Waals surface area contributed by atoms with Gasteiger partial charge in [0.15, 0.2) is 0 Å². The number of carbonyl (C=O) groups excluding carboxylic acids is 1. The normalized spacial score (nSPS) is 13.9. The molecule has 5 nitrogen and oxygen atoms in total. The molecule has 1 aliphatic heterocycles. The summed E-state index contributed by atoms with van der Waals surface area (Å²) in [4.78, 5) is 14.3. The van der Waals surface area contributed by atoms with Gasteiger partial charge in [-0.25, -0.2) is 4.79 Å². The van der Waals surface area contributed by atoms with E-state index in [-0.39, 0.29) is 12.1 Å². The first-order chi connectivity index (χ1) is 12.0. The van der Waals surface area contributed by atoms with E-state index in [1.807, 2.05) is 51.4 Å². The molecule has 0 aliphatic carbocycles. The number of rotatable bonds is 5. The molecule has 0 aromatic heterocycles. The van der Waals surface area contributed by atoms with Gasteiger partial charge in [0.1, 0.15) is 5.75 Å². The van der Waals surface area contributed by atoms with Crippen molar-refractivity contribution in [1.82, 2.24) is 10.2 Å². The highest BCUT2D eigenvalue weighted by Gasteiger charge is 2.19. The summed E-state index contributed by atoms with van der Waals surface area (Å²) in [5.41, 5.74) is 4.34. The summed E-state index contributed by atoms with van der Waals surface area (Å²) in [7, 11) is 4.04. The third-order valence-electron chi connectivity index (χ3n) is 4.45. The van der Waals surface area contributed by atoms with E-state index >= 15 is 0 Å². The smallest absolute Gasteiger partial charge is 0.319 e. The molecule has 25 heavy (non-hydrogen) atoms. The van der Waals surface area contributed by atoms with E-state index in [0.29, 0.717) is 6.54 Å². The topological polar surface area (TPSA) is 53.6 Å². The highest BCUT2D eigenvalue weighted by molar-refractivity contribution is 5.89. The largest absolute Gasteiger partial charge is 0.493 e. The Hall–Kier alpha value is -2.53. The van der Waals surface area contributed by atoms with Crippen molar-refractivity contribution in [3.63, 3.8) is 0 Å². The summed E-state index contributed by atoms with van der Waals surface area (Å²) in [5.74, 6) is 0.978. The van der Waals surface area contributed by atoms with Gasteiger partial charge in [0.25, 0.3) is 0 Å². The summed E-state index contributed by atoms with van der Waals surface area (Å²) in [6, 6.07) is 14.0. The van der Waals surface area contributed by atoms with Crippen LogP contribution in [0.15, 0.2) is 42.5 Å². The minimum absolute atomic E-state index is 0.106. The molecule has 0 radical (unpaired) electrons. The minimum Gasteiger partial charge on any atom is -0.493 e. The maximum Gasteiger partial charge on any atom is 0.319 e. The lowest BCUT2D eigenvalue weighted by molar-refractivity contribution is 0.243. The van der Waals surface area contributed by atoms with Crippen LogP contribution in [0.3, 0.4) is 0 Å². The van der Waals surface area contributed by atoms with Crippen LogP contribution in [0.2, 0.25) is 0 Å². The van der Waals surface area contributed by atoms with Crippen LogP contribution in [-0.2, 0) is 6.42 Å². The quantitative estimate of drug-likeness (QED) is 0.878. The fraction of sp³-hybridized carbons (Fsp3) is 0.350. The number of fused-ring (bicyclic) bond motifs is 1. The van der Waals surface area contributed by atoms with Gasteiger partial charge in [-0.05, 0) is 55.9 Å². The third-order valence-corrected chi connectivity index (χ3v) is 4.45. The van der Waals surface area contributed by atoms with Crippen molar-refractivity contribution in [2.24, 2.45) is 0 Å². The Morgan fingerprint density at radius 3 is 2.84 bits per heavy atom. The molecule has 2 N–H and O–H groups in total. The molecule has 1 heterocycles. The Labute approximate surface area is 149 Å². The number of nitrogens with zero attached hydrogens (tertiary/aromatic N) is 1. The average Bonchev–Trinajstić information content (AvgIpc) is 3.02. The molecule has 2 aromatic rings. The summed E-state index contributed by atoms with van der Waals surface area (Å²) in [6.45, 7) is 3.29. The molecule has 3 rings (SSSR count). The average molecular weight is 339 g/mol. The molecule has 0 saturated carbocycles. The van der Waals surface area contributed by atoms with E-state index in [1.165, 1.54) is 11.1 Å². The van der Waals surface area contributed by atoms with Gasteiger partial charge in [-0.1, -0.05) is 24.3 Å². The zero-order valence-corrected chi connectivity index (χ0v) is 15.0. The second kappa shape index (κ2) is 7.57. The molecule has 2 aromatic carbocycles. The predicted octanol–water partition coefficient (Wildman–Crippen LogP) is 3.35. The number of urea groups is 1. The van der Waals surface area contributed by atoms with Crippen molar-refractivity contribution < 1.29 is 9.53 Å². The van der Waals surface area contributed by atoms with Crippen LogP contribution >= 0.6 is 0 Å². The van der Waals surface area contributed by atoms with Crippen LogP contribution < -0.4 is 15.4 Å². The van der Waals surface area contributed by atoms with Crippen LogP contribution in [-0.4, -0.2) is 38.2 Å². The molecule has 2 amide bonds. The van der Waals surface area contributed by atoms with Crippen molar-refractivity contribution in [2.75, 3.05) is 32.6 Å². The lowest BCUT2D eigenvalue weighted by Crippen LogP contribution is -2.36. The van der Waals surface area contributed by atoms with Crippen molar-refractivity contribution in [3.8, 4) is 5.75 Å². The van der Waals surface area contributed by atoms with Crippen LogP contribution in [0.1, 0.15) is 22.7 Å². The number of anilines is 1. The molecule has 0 saturated heterocycles. The zero-order chi connectivity index (χ0) is 17.8. The number of likely N-dealkylation sites (N-methyl/N-ethyl adjacent to an activating group) is 1. The third kappa shape index (κ3) is 4.31. The number of nitrogens with one attached hydrogen (secondary N) is 2. The second-order valence-electron chi connectivity index (χ2n) is 6.65. The maximum absolute atomic E-state index is 12.2. The maximum atomic E-state index is 12.2. The Morgan fingerprint density at radius 2 is 2.08 bits per heavy atom. The van der Waals surface area contributed by atoms with Gasteiger partial charge in [-0.15, -0.1) is 0 Å². The molecule has 0 spiro atoms. The summed E-state index contributed by atoms with van der Waals surface area (Å²) >= 11 is 0. The van der Waals surface area contributed by atoms with Gasteiger partial charge in [0, 0.05) is 18.7 Å². The summed E-state index contributed by atoms with van der Waals surface area (Å²) in [5, 5.41) is 5.86. The molecule has 132 valence electrons. The fourth-order valence-corrected chi connectivity index (χ4v) is 3.10. The first kappa shape index (κ1) is 17.3. The highest BCUT2D eigenvalue weighted by atomic mass is 16.5. The summed E-state index contributed by atoms with van der Waals surface area (Å²) in [6.07, 6.45) is 0.949. The molecule has 0 fully saturated rings. The number of hydrogen-bond acceptors (Lipinski definition) is 3. The van der Waals surface area contributed by atoms with E-state index in [2.05, 4.69) is 27.7 Å². The van der Waals surface area contributed by atoms with E-state index in [1.54, 1.807) is 0 Å². The van der Waals surface area contributed by atoms with Crippen molar-refractivity contribution >= 4 is 11.7 Å². The van der Waals surface area contributed by atoms with Crippen molar-refractivity contribution in [2.45, 2.75) is 19.4 Å². The number of carbonyl (C=O) groups is 1. The number of hydrogen-bond donors (Lipinski definition) is 2. The SMILES string of the molecule is Cc1cccc(NC(=O)NCC(c2ccc3c(c2)CCO3)N(C)C)c1. The Morgan fingerprint density at radius 1 is 1.24 bits per heavy atom. The standard InChI is InChI=1S/C20H25N3O2/c1-14-5-4-6-17(11-14)22-20(24)21-13-18(23(2)3)15-7-8-19-16(12-15)9-10-25-19/h4-8,11-12,18H,9-10,13H2,1-3H3,(H2,21,22,24). The highest BCUT2D eigenvalue weighted by Crippen LogP contribution is 2.29. The van der Waals surface area contributed by atoms with Crippen LogP contribution in [0.25, 0.3) is 0 Å². The van der Waals surface area contributed by atoms with Gasteiger partial charge < -0.3 is 20.3 Å². The molecule has 1 aliphatic rings. The lowest BCUT2D eigenvalue weighted by atomic mass is 10.0. The van der Waals surface area contributed by atoms with E-state index < -0.39 is 0 Å². The van der Waals surface area contributed by atoms with Crippen LogP contribution in [0, 0.1) is 6.92 Å². The van der Waals surface area contributed by atoms with Gasteiger partial charge in [-0.2, -0.15) is 0 Å². The lowest BCUT2D eigenvalue weighted by Gasteiger charge is -2.25. The Kier molecular flexibility index (Phi) is 5.24. The number of ether oxygens (including phenoxy) is 1. The van der Waals surface area contributed by atoms with Gasteiger partial charge in [-0.3, -0.25) is 0 Å². The first-order valence-electron chi connectivity index (χ1n) is 8.56. The molecular weight excluding hydrogens is 314 g/mol. The Balaban J connectivity index is 1.63. The number of amides is 2. The zero-order valence-electron chi connectivity index (χ0n) is 15.0. The monoisotopic (exact) mass is 339 g/mol. The van der Waals surface area contributed by atoms with Gasteiger partial charge >= 0.3 is 6.03 Å².